The zero-order valence-corrected chi connectivity index (χ0v) is 18.1. The van der Waals surface area contributed by atoms with Crippen molar-refractivity contribution in [3.63, 3.8) is 0 Å². The van der Waals surface area contributed by atoms with Gasteiger partial charge in [0.15, 0.2) is 12.3 Å². The van der Waals surface area contributed by atoms with Gasteiger partial charge < -0.3 is 14.4 Å². The first-order valence-corrected chi connectivity index (χ1v) is 10.4. The number of hydrogen-bond acceptors (Lipinski definition) is 4. The molecule has 0 saturated carbocycles. The predicted molar refractivity (Wildman–Crippen MR) is 117 cm³/mol. The Kier molecular flexibility index (Phi) is 7.04. The lowest BCUT2D eigenvalue weighted by Gasteiger charge is -2.06. The van der Waals surface area contributed by atoms with Crippen LogP contribution in [0.4, 0.5) is 5.69 Å². The van der Waals surface area contributed by atoms with Crippen LogP contribution in [-0.4, -0.2) is 22.2 Å². The Bertz CT molecular complexity index is 1040. The highest BCUT2D eigenvalue weighted by molar-refractivity contribution is 9.10. The van der Waals surface area contributed by atoms with Crippen LogP contribution in [0.3, 0.4) is 0 Å². The largest absolute Gasteiger partial charge is 0.493 e. The zero-order chi connectivity index (χ0) is 20.8. The number of nitrogens with zero attached hydrogens (tertiary/aromatic N) is 3. The number of carbonyl (C=O) groups is 1. The summed E-state index contributed by atoms with van der Waals surface area (Å²) in [5, 5.41) is 19.3. The van der Waals surface area contributed by atoms with Crippen LogP contribution >= 0.6 is 15.9 Å². The van der Waals surface area contributed by atoms with Gasteiger partial charge in [-0.15, -0.1) is 10.2 Å². The van der Waals surface area contributed by atoms with Crippen LogP contribution < -0.4 is 4.74 Å². The minimum absolute atomic E-state index is 0.0188. The summed E-state index contributed by atoms with van der Waals surface area (Å²) in [5.74, 6) is 0.103. The van der Waals surface area contributed by atoms with Crippen molar-refractivity contribution >= 4 is 38.4 Å². The second kappa shape index (κ2) is 9.69. The van der Waals surface area contributed by atoms with E-state index in [-0.39, 0.29) is 12.5 Å². The highest BCUT2D eigenvalue weighted by Gasteiger charge is 2.17. The fraction of sp³-hybridized carbons (Fsp3) is 0.318. The molecule has 3 aromatic rings. The van der Waals surface area contributed by atoms with Crippen molar-refractivity contribution in [3.05, 3.63) is 52.5 Å². The van der Waals surface area contributed by atoms with E-state index >= 15 is 0 Å². The second-order valence-electron chi connectivity index (χ2n) is 6.89. The number of hydrogen-bond donors (Lipinski definition) is 1. The zero-order valence-electron chi connectivity index (χ0n) is 16.6. The van der Waals surface area contributed by atoms with Crippen LogP contribution in [0.15, 0.2) is 57.2 Å². The predicted octanol–water partition coefficient (Wildman–Crippen LogP) is 6.30. The minimum Gasteiger partial charge on any atom is -0.493 e. The van der Waals surface area contributed by atoms with E-state index < -0.39 is 5.91 Å². The van der Waals surface area contributed by atoms with Gasteiger partial charge >= 0.3 is 5.91 Å². The SMILES string of the molecule is CCCCCn1c(O)c(N=NC(=O)COc2cccc(C)c2)c2cc(Br)ccc21. The van der Waals surface area contributed by atoms with Crippen LogP contribution in [0.5, 0.6) is 11.6 Å². The summed E-state index contributed by atoms with van der Waals surface area (Å²) >= 11 is 3.45. The molecule has 0 spiro atoms. The number of aromatic hydroxyl groups is 1. The minimum atomic E-state index is -0.521. The molecule has 1 aromatic heterocycles. The van der Waals surface area contributed by atoms with Gasteiger partial charge in [-0.05, 0) is 49.2 Å². The lowest BCUT2D eigenvalue weighted by Crippen LogP contribution is -2.07. The van der Waals surface area contributed by atoms with Crippen molar-refractivity contribution in [2.45, 2.75) is 39.7 Å². The van der Waals surface area contributed by atoms with Crippen LogP contribution in [0.1, 0.15) is 31.7 Å². The maximum atomic E-state index is 12.1. The van der Waals surface area contributed by atoms with Gasteiger partial charge in [-0.3, -0.25) is 4.79 Å². The number of carbonyl (C=O) groups excluding carboxylic acids is 1. The van der Waals surface area contributed by atoms with Gasteiger partial charge in [0.25, 0.3) is 0 Å². The fourth-order valence-electron chi connectivity index (χ4n) is 3.13. The van der Waals surface area contributed by atoms with E-state index in [1.54, 1.807) is 6.07 Å². The van der Waals surface area contributed by atoms with Gasteiger partial charge in [0, 0.05) is 16.4 Å². The molecule has 0 radical (unpaired) electrons. The van der Waals surface area contributed by atoms with Crippen LogP contribution in [0, 0.1) is 6.92 Å². The maximum absolute atomic E-state index is 12.1. The van der Waals surface area contributed by atoms with Gasteiger partial charge in [0.1, 0.15) is 5.75 Å². The number of aryl methyl sites for hydroxylation is 2. The van der Waals surface area contributed by atoms with Gasteiger partial charge in [-0.1, -0.05) is 47.8 Å². The lowest BCUT2D eigenvalue weighted by molar-refractivity contribution is -0.120. The molecule has 0 aliphatic carbocycles. The van der Waals surface area contributed by atoms with Crippen molar-refractivity contribution in [2.75, 3.05) is 6.61 Å². The molecule has 29 heavy (non-hydrogen) atoms. The number of rotatable bonds is 8. The van der Waals surface area contributed by atoms with Crippen molar-refractivity contribution in [1.82, 2.24) is 4.57 Å². The van der Waals surface area contributed by atoms with E-state index in [0.29, 0.717) is 18.0 Å². The van der Waals surface area contributed by atoms with E-state index in [2.05, 4.69) is 33.1 Å². The number of fused-ring (bicyclic) bond motifs is 1. The Morgan fingerprint density at radius 1 is 1.21 bits per heavy atom. The molecular formula is C22H24BrN3O3. The summed E-state index contributed by atoms with van der Waals surface area (Å²) in [5.41, 5.74) is 2.20. The topological polar surface area (TPSA) is 76.2 Å². The van der Waals surface area contributed by atoms with Crippen LogP contribution in [-0.2, 0) is 11.3 Å². The van der Waals surface area contributed by atoms with E-state index in [9.17, 15) is 9.90 Å². The summed E-state index contributed by atoms with van der Waals surface area (Å²) < 4.78 is 8.15. The maximum Gasteiger partial charge on any atom is 0.302 e. The molecule has 6 nitrogen and oxygen atoms in total. The normalized spacial score (nSPS) is 11.4. The van der Waals surface area contributed by atoms with E-state index in [0.717, 1.165) is 40.2 Å². The van der Waals surface area contributed by atoms with E-state index in [4.69, 9.17) is 4.74 Å². The van der Waals surface area contributed by atoms with Crippen molar-refractivity contribution in [3.8, 4) is 11.6 Å². The van der Waals surface area contributed by atoms with E-state index in [1.807, 2.05) is 47.9 Å². The molecule has 3 rings (SSSR count). The standard InChI is InChI=1S/C22H24BrN3O3/c1-3-4-5-11-26-19-10-9-16(23)13-18(19)21(22(26)28)25-24-20(27)14-29-17-8-6-7-15(2)12-17/h6-10,12-13,28H,3-5,11,14H2,1-2H3. The number of aromatic nitrogens is 1. The lowest BCUT2D eigenvalue weighted by atomic mass is 10.2. The molecule has 7 heteroatoms. The summed E-state index contributed by atoms with van der Waals surface area (Å²) in [6.45, 7) is 4.55. The molecule has 0 atom stereocenters. The molecule has 2 aromatic carbocycles. The van der Waals surface area contributed by atoms with Gasteiger partial charge in [0.2, 0.25) is 5.88 Å². The Hall–Kier alpha value is -2.67. The molecule has 1 N–H and O–H groups in total. The molecule has 0 saturated heterocycles. The van der Waals surface area contributed by atoms with Gasteiger partial charge in [-0.25, -0.2) is 0 Å². The first kappa shape index (κ1) is 21.0. The molecule has 0 bridgehead atoms. The number of azo groups is 1. The van der Waals surface area contributed by atoms with Crippen LogP contribution in [0.2, 0.25) is 0 Å². The molecule has 1 heterocycles. The molecule has 0 fully saturated rings. The Morgan fingerprint density at radius 2 is 2.03 bits per heavy atom. The summed E-state index contributed by atoms with van der Waals surface area (Å²) in [6.07, 6.45) is 3.11. The Balaban J connectivity index is 1.79. The van der Waals surface area contributed by atoms with Gasteiger partial charge in [-0.2, -0.15) is 0 Å². The summed E-state index contributed by atoms with van der Waals surface area (Å²) in [7, 11) is 0. The molecule has 0 aliphatic rings. The fourth-order valence-corrected chi connectivity index (χ4v) is 3.49. The summed E-state index contributed by atoms with van der Waals surface area (Å²) in [6, 6.07) is 13.1. The average molecular weight is 458 g/mol. The third-order valence-corrected chi connectivity index (χ3v) is 5.06. The molecule has 152 valence electrons. The molecule has 0 unspecified atom stereocenters. The highest BCUT2D eigenvalue weighted by atomic mass is 79.9. The number of ether oxygens (including phenoxy) is 1. The Morgan fingerprint density at radius 3 is 2.79 bits per heavy atom. The van der Waals surface area contributed by atoms with Crippen LogP contribution in [0.25, 0.3) is 10.9 Å². The first-order valence-electron chi connectivity index (χ1n) is 9.64. The number of amides is 1. The number of unbranched alkanes of at least 4 members (excludes halogenated alkanes) is 2. The quantitative estimate of drug-likeness (QED) is 0.318. The van der Waals surface area contributed by atoms with Crippen molar-refractivity contribution in [1.29, 1.82) is 0 Å². The number of halogens is 1. The van der Waals surface area contributed by atoms with Crippen molar-refractivity contribution in [2.24, 2.45) is 10.2 Å². The monoisotopic (exact) mass is 457 g/mol. The average Bonchev–Trinajstić information content (AvgIpc) is 2.95. The third kappa shape index (κ3) is 5.23. The summed E-state index contributed by atoms with van der Waals surface area (Å²) in [4.78, 5) is 12.1. The smallest absolute Gasteiger partial charge is 0.302 e. The first-order chi connectivity index (χ1) is 14.0. The molecule has 1 amide bonds. The highest BCUT2D eigenvalue weighted by Crippen LogP contribution is 2.40. The third-order valence-electron chi connectivity index (χ3n) is 4.57. The van der Waals surface area contributed by atoms with Crippen molar-refractivity contribution < 1.29 is 14.6 Å². The number of benzene rings is 2. The van der Waals surface area contributed by atoms with E-state index in [1.165, 1.54) is 0 Å². The molecule has 0 aliphatic heterocycles. The Labute approximate surface area is 178 Å². The second-order valence-corrected chi connectivity index (χ2v) is 7.81. The molecular weight excluding hydrogens is 434 g/mol. The van der Waals surface area contributed by atoms with Gasteiger partial charge in [0.05, 0.1) is 5.52 Å².